The van der Waals surface area contributed by atoms with E-state index in [1.54, 1.807) is 0 Å². The van der Waals surface area contributed by atoms with Crippen molar-refractivity contribution >= 4 is 9.84 Å². The third-order valence-corrected chi connectivity index (χ3v) is 5.49. The van der Waals surface area contributed by atoms with Gasteiger partial charge in [-0.3, -0.25) is 0 Å². The van der Waals surface area contributed by atoms with E-state index >= 15 is 0 Å². The van der Waals surface area contributed by atoms with E-state index in [1.165, 1.54) is 12.8 Å². The van der Waals surface area contributed by atoms with Crippen molar-refractivity contribution in [1.82, 2.24) is 5.32 Å². The highest BCUT2D eigenvalue weighted by Gasteiger charge is 2.33. The Morgan fingerprint density at radius 1 is 1.31 bits per heavy atom. The van der Waals surface area contributed by atoms with Crippen molar-refractivity contribution in [2.24, 2.45) is 11.8 Å². The fourth-order valence-corrected chi connectivity index (χ4v) is 4.35. The number of hydrogen-bond acceptors (Lipinski definition) is 4. The molecule has 1 heterocycles. The quantitative estimate of drug-likeness (QED) is 0.702. The van der Waals surface area contributed by atoms with Crippen molar-refractivity contribution in [1.29, 1.82) is 0 Å². The summed E-state index contributed by atoms with van der Waals surface area (Å²) in [6.45, 7) is 1.03. The average Bonchev–Trinajstić information content (AvgIpc) is 2.98. The molecule has 5 heteroatoms. The molecule has 1 aliphatic carbocycles. The minimum absolute atomic E-state index is 0.118. The molecule has 2 rings (SSSR count). The van der Waals surface area contributed by atoms with Crippen LogP contribution in [0.15, 0.2) is 0 Å². The van der Waals surface area contributed by atoms with Crippen LogP contribution in [0.2, 0.25) is 0 Å². The van der Waals surface area contributed by atoms with Crippen LogP contribution in [0.25, 0.3) is 0 Å². The lowest BCUT2D eigenvalue weighted by molar-refractivity contribution is 0.175. The number of sulfone groups is 1. The normalized spacial score (nSPS) is 30.4. The minimum Gasteiger partial charge on any atom is -0.396 e. The summed E-state index contributed by atoms with van der Waals surface area (Å²) in [7, 11) is -2.81. The summed E-state index contributed by atoms with van der Waals surface area (Å²) in [4.78, 5) is 0. The zero-order valence-corrected chi connectivity index (χ0v) is 10.4. The Labute approximate surface area is 97.3 Å². The molecule has 2 fully saturated rings. The van der Waals surface area contributed by atoms with Crippen LogP contribution in [-0.4, -0.2) is 44.2 Å². The SMILES string of the molecule is O=S1(=O)CCC(C(CO)CCNC2CC2)C1. The molecule has 0 radical (unpaired) electrons. The molecule has 4 nitrogen and oxygen atoms in total. The Bertz CT molecular complexity index is 324. The molecule has 2 atom stereocenters. The fraction of sp³-hybridized carbons (Fsp3) is 1.00. The summed E-state index contributed by atoms with van der Waals surface area (Å²) in [5.74, 6) is 0.922. The third kappa shape index (κ3) is 3.43. The Morgan fingerprint density at radius 2 is 2.06 bits per heavy atom. The predicted molar refractivity (Wildman–Crippen MR) is 63.0 cm³/mol. The van der Waals surface area contributed by atoms with Gasteiger partial charge in [-0.05, 0) is 44.1 Å². The number of nitrogens with one attached hydrogen (secondary N) is 1. The first kappa shape index (κ1) is 12.3. The molecule has 0 aromatic carbocycles. The highest BCUT2D eigenvalue weighted by Crippen LogP contribution is 2.28. The van der Waals surface area contributed by atoms with E-state index in [0.717, 1.165) is 19.4 Å². The summed E-state index contributed by atoms with van der Waals surface area (Å²) in [6, 6.07) is 0.687. The molecule has 1 saturated heterocycles. The van der Waals surface area contributed by atoms with Crippen molar-refractivity contribution in [3.05, 3.63) is 0 Å². The Hall–Kier alpha value is -0.130. The molecule has 2 aliphatic rings. The third-order valence-electron chi connectivity index (χ3n) is 3.69. The highest BCUT2D eigenvalue weighted by atomic mass is 32.2. The summed E-state index contributed by atoms with van der Waals surface area (Å²) in [6.07, 6.45) is 4.16. The van der Waals surface area contributed by atoms with E-state index in [2.05, 4.69) is 5.32 Å². The van der Waals surface area contributed by atoms with Gasteiger partial charge in [-0.2, -0.15) is 0 Å². The molecule has 16 heavy (non-hydrogen) atoms. The van der Waals surface area contributed by atoms with Crippen LogP contribution in [0.3, 0.4) is 0 Å². The second-order valence-electron chi connectivity index (χ2n) is 5.12. The zero-order chi connectivity index (χ0) is 11.6. The van der Waals surface area contributed by atoms with Gasteiger partial charge in [0.1, 0.15) is 0 Å². The largest absolute Gasteiger partial charge is 0.396 e. The van der Waals surface area contributed by atoms with Gasteiger partial charge in [-0.1, -0.05) is 0 Å². The van der Waals surface area contributed by atoms with Gasteiger partial charge < -0.3 is 10.4 Å². The molecule has 94 valence electrons. The molecule has 2 unspecified atom stereocenters. The maximum atomic E-state index is 11.4. The summed E-state index contributed by atoms with van der Waals surface area (Å²) in [5.41, 5.74) is 0. The number of hydrogen-bond donors (Lipinski definition) is 2. The number of rotatable bonds is 6. The van der Waals surface area contributed by atoms with Crippen LogP contribution in [-0.2, 0) is 9.84 Å². The standard InChI is InChI=1S/C11H21NO3S/c13-7-9(3-5-12-11-1-2-11)10-4-6-16(14,15)8-10/h9-13H,1-8H2. The molecule has 0 amide bonds. The van der Waals surface area contributed by atoms with E-state index < -0.39 is 9.84 Å². The lowest BCUT2D eigenvalue weighted by atomic mass is 9.90. The Morgan fingerprint density at radius 3 is 2.56 bits per heavy atom. The topological polar surface area (TPSA) is 66.4 Å². The molecule has 0 spiro atoms. The second kappa shape index (κ2) is 5.02. The van der Waals surface area contributed by atoms with Crippen LogP contribution in [0.1, 0.15) is 25.7 Å². The summed E-state index contributed by atoms with van der Waals surface area (Å²) >= 11 is 0. The van der Waals surface area contributed by atoms with Gasteiger partial charge in [0, 0.05) is 12.6 Å². The van der Waals surface area contributed by atoms with Crippen molar-refractivity contribution in [3.63, 3.8) is 0 Å². The lowest BCUT2D eigenvalue weighted by Gasteiger charge is -2.20. The fourth-order valence-electron chi connectivity index (χ4n) is 2.43. The van der Waals surface area contributed by atoms with Gasteiger partial charge in [0.25, 0.3) is 0 Å². The summed E-state index contributed by atoms with van der Waals surface area (Å²) < 4.78 is 22.7. The number of aliphatic hydroxyl groups is 1. The first-order valence-electron chi connectivity index (χ1n) is 6.15. The monoisotopic (exact) mass is 247 g/mol. The van der Waals surface area contributed by atoms with E-state index in [1.807, 2.05) is 0 Å². The molecular formula is C11H21NO3S. The van der Waals surface area contributed by atoms with E-state index in [9.17, 15) is 13.5 Å². The average molecular weight is 247 g/mol. The van der Waals surface area contributed by atoms with Crippen LogP contribution < -0.4 is 5.32 Å². The molecule has 1 saturated carbocycles. The van der Waals surface area contributed by atoms with Gasteiger partial charge >= 0.3 is 0 Å². The minimum atomic E-state index is -2.81. The van der Waals surface area contributed by atoms with Crippen molar-refractivity contribution < 1.29 is 13.5 Å². The van der Waals surface area contributed by atoms with Crippen molar-refractivity contribution in [2.75, 3.05) is 24.7 Å². The first-order chi connectivity index (χ1) is 7.61. The second-order valence-corrected chi connectivity index (χ2v) is 7.35. The van der Waals surface area contributed by atoms with Gasteiger partial charge in [0.15, 0.2) is 9.84 Å². The number of aliphatic hydroxyl groups excluding tert-OH is 1. The molecule has 2 N–H and O–H groups in total. The Balaban J connectivity index is 1.75. The van der Waals surface area contributed by atoms with Crippen LogP contribution in [0, 0.1) is 11.8 Å². The maximum Gasteiger partial charge on any atom is 0.150 e. The van der Waals surface area contributed by atoms with E-state index in [4.69, 9.17) is 0 Å². The van der Waals surface area contributed by atoms with E-state index in [0.29, 0.717) is 11.8 Å². The smallest absolute Gasteiger partial charge is 0.150 e. The van der Waals surface area contributed by atoms with Crippen molar-refractivity contribution in [2.45, 2.75) is 31.7 Å². The van der Waals surface area contributed by atoms with E-state index in [-0.39, 0.29) is 24.2 Å². The predicted octanol–water partition coefficient (Wildman–Crippen LogP) is 0.172. The van der Waals surface area contributed by atoms with Crippen LogP contribution in [0.5, 0.6) is 0 Å². The summed E-state index contributed by atoms with van der Waals surface area (Å²) in [5, 5.41) is 12.7. The molecular weight excluding hydrogens is 226 g/mol. The zero-order valence-electron chi connectivity index (χ0n) is 9.56. The van der Waals surface area contributed by atoms with Crippen molar-refractivity contribution in [3.8, 4) is 0 Å². The van der Waals surface area contributed by atoms with Crippen LogP contribution in [0.4, 0.5) is 0 Å². The highest BCUT2D eigenvalue weighted by molar-refractivity contribution is 7.91. The van der Waals surface area contributed by atoms with Gasteiger partial charge in [-0.15, -0.1) is 0 Å². The lowest BCUT2D eigenvalue weighted by Crippen LogP contribution is -2.26. The molecule has 0 aromatic rings. The Kier molecular flexibility index (Phi) is 3.87. The van der Waals surface area contributed by atoms with Gasteiger partial charge in [0.05, 0.1) is 11.5 Å². The molecule has 0 aromatic heterocycles. The van der Waals surface area contributed by atoms with Crippen LogP contribution >= 0.6 is 0 Å². The molecule has 1 aliphatic heterocycles. The maximum absolute atomic E-state index is 11.4. The molecule has 0 bridgehead atoms. The van der Waals surface area contributed by atoms with Gasteiger partial charge in [0.2, 0.25) is 0 Å². The van der Waals surface area contributed by atoms with Gasteiger partial charge in [-0.25, -0.2) is 8.42 Å². The first-order valence-corrected chi connectivity index (χ1v) is 7.97.